The van der Waals surface area contributed by atoms with Gasteiger partial charge in [0.2, 0.25) is 10.0 Å². The monoisotopic (exact) mass is 348 g/mol. The van der Waals surface area contributed by atoms with Gasteiger partial charge in [0.05, 0.1) is 10.7 Å². The first-order chi connectivity index (χ1) is 11.3. The molecular formula is C17H20N2O4S. The van der Waals surface area contributed by atoms with Crippen LogP contribution in [0.2, 0.25) is 0 Å². The summed E-state index contributed by atoms with van der Waals surface area (Å²) in [4.78, 5) is 10.1. The molecule has 2 rings (SSSR count). The van der Waals surface area contributed by atoms with Crippen LogP contribution in [0.5, 0.6) is 0 Å². The summed E-state index contributed by atoms with van der Waals surface area (Å²) >= 11 is 0. The van der Waals surface area contributed by atoms with Crippen molar-refractivity contribution >= 4 is 15.7 Å². The van der Waals surface area contributed by atoms with Crippen LogP contribution >= 0.6 is 0 Å². The number of nitrogens with zero attached hydrogens (tertiary/aromatic N) is 1. The zero-order valence-electron chi connectivity index (χ0n) is 13.5. The average Bonchev–Trinajstić information content (AvgIpc) is 2.53. The zero-order valence-corrected chi connectivity index (χ0v) is 14.4. The molecule has 0 bridgehead atoms. The normalized spacial score (nSPS) is 13.0. The van der Waals surface area contributed by atoms with Gasteiger partial charge in [-0.15, -0.1) is 0 Å². The predicted molar refractivity (Wildman–Crippen MR) is 92.9 cm³/mol. The second-order valence-corrected chi connectivity index (χ2v) is 7.69. The third kappa shape index (κ3) is 4.87. The Bertz CT molecular complexity index is 787. The molecule has 0 saturated carbocycles. The summed E-state index contributed by atoms with van der Waals surface area (Å²) < 4.78 is 27.7. The summed E-state index contributed by atoms with van der Waals surface area (Å²) in [5, 5.41) is 10.6. The molecule has 0 heterocycles. The Morgan fingerprint density at radius 3 is 2.12 bits per heavy atom. The average molecular weight is 348 g/mol. The second-order valence-electron chi connectivity index (χ2n) is 5.93. The molecule has 1 N–H and O–H groups in total. The van der Waals surface area contributed by atoms with E-state index in [0.717, 1.165) is 5.56 Å². The molecule has 0 aromatic heterocycles. The summed E-state index contributed by atoms with van der Waals surface area (Å²) in [6.45, 7) is 3.90. The first-order valence-electron chi connectivity index (χ1n) is 7.57. The Morgan fingerprint density at radius 2 is 1.62 bits per heavy atom. The van der Waals surface area contributed by atoms with Crippen LogP contribution in [-0.4, -0.2) is 13.3 Å². The van der Waals surface area contributed by atoms with Crippen molar-refractivity contribution in [2.75, 3.05) is 0 Å². The quantitative estimate of drug-likeness (QED) is 0.613. The molecule has 0 saturated heterocycles. The van der Waals surface area contributed by atoms with Gasteiger partial charge in [-0.1, -0.05) is 56.3 Å². The number of nitro benzene ring substituents is 1. The Kier molecular flexibility index (Phi) is 5.69. The number of nitro groups is 1. The van der Waals surface area contributed by atoms with Gasteiger partial charge in [0.1, 0.15) is 0 Å². The van der Waals surface area contributed by atoms with E-state index in [4.69, 9.17) is 0 Å². The van der Waals surface area contributed by atoms with E-state index in [1.165, 1.54) is 24.3 Å². The van der Waals surface area contributed by atoms with Crippen molar-refractivity contribution in [3.05, 3.63) is 75.8 Å². The largest absolute Gasteiger partial charge is 0.269 e. The van der Waals surface area contributed by atoms with Crippen molar-refractivity contribution in [3.63, 3.8) is 0 Å². The highest BCUT2D eigenvalue weighted by molar-refractivity contribution is 7.88. The van der Waals surface area contributed by atoms with E-state index in [-0.39, 0.29) is 23.4 Å². The fourth-order valence-electron chi connectivity index (χ4n) is 2.42. The van der Waals surface area contributed by atoms with Gasteiger partial charge in [-0.05, 0) is 17.0 Å². The lowest BCUT2D eigenvalue weighted by atomic mass is 9.97. The van der Waals surface area contributed by atoms with Crippen molar-refractivity contribution in [1.82, 2.24) is 4.72 Å². The fraction of sp³-hybridized carbons (Fsp3) is 0.294. The van der Waals surface area contributed by atoms with Crippen molar-refractivity contribution in [3.8, 4) is 0 Å². The van der Waals surface area contributed by atoms with Crippen molar-refractivity contribution < 1.29 is 13.3 Å². The molecule has 0 spiro atoms. The topological polar surface area (TPSA) is 89.3 Å². The standard InChI is InChI=1S/C17H20N2O4S/c1-13(2)17(15-6-4-3-5-7-15)18-24(22,23)12-14-8-10-16(11-9-14)19(20)21/h3-11,13,17-18H,12H2,1-2H3. The molecule has 24 heavy (non-hydrogen) atoms. The van der Waals surface area contributed by atoms with E-state index >= 15 is 0 Å². The first kappa shape index (κ1) is 18.1. The van der Waals surface area contributed by atoms with E-state index in [1.54, 1.807) is 0 Å². The van der Waals surface area contributed by atoms with Crippen molar-refractivity contribution in [2.24, 2.45) is 5.92 Å². The van der Waals surface area contributed by atoms with Crippen LogP contribution in [0.4, 0.5) is 5.69 Å². The number of rotatable bonds is 7. The molecule has 6 nitrogen and oxygen atoms in total. The van der Waals surface area contributed by atoms with E-state index < -0.39 is 14.9 Å². The first-order valence-corrected chi connectivity index (χ1v) is 9.22. The summed E-state index contributed by atoms with van der Waals surface area (Å²) in [5.41, 5.74) is 1.34. The smallest absolute Gasteiger partial charge is 0.258 e. The molecule has 0 amide bonds. The third-order valence-corrected chi connectivity index (χ3v) is 4.96. The van der Waals surface area contributed by atoms with Gasteiger partial charge in [-0.2, -0.15) is 0 Å². The Balaban J connectivity index is 2.15. The minimum Gasteiger partial charge on any atom is -0.258 e. The maximum atomic E-state index is 12.5. The molecule has 7 heteroatoms. The van der Waals surface area contributed by atoms with Gasteiger partial charge in [-0.25, -0.2) is 13.1 Å². The van der Waals surface area contributed by atoms with Crippen LogP contribution in [0.3, 0.4) is 0 Å². The van der Waals surface area contributed by atoms with E-state index in [1.807, 2.05) is 44.2 Å². The van der Waals surface area contributed by atoms with Crippen LogP contribution in [0.1, 0.15) is 31.0 Å². The Hall–Kier alpha value is -2.25. The number of hydrogen-bond acceptors (Lipinski definition) is 4. The van der Waals surface area contributed by atoms with Crippen LogP contribution < -0.4 is 4.72 Å². The molecular weight excluding hydrogens is 328 g/mol. The van der Waals surface area contributed by atoms with Gasteiger partial charge in [0.25, 0.3) is 5.69 Å². The lowest BCUT2D eigenvalue weighted by molar-refractivity contribution is -0.384. The molecule has 0 aliphatic carbocycles. The Morgan fingerprint density at radius 1 is 1.04 bits per heavy atom. The molecule has 0 aliphatic rings. The highest BCUT2D eigenvalue weighted by Crippen LogP contribution is 2.23. The van der Waals surface area contributed by atoms with Crippen LogP contribution in [0.15, 0.2) is 54.6 Å². The lowest BCUT2D eigenvalue weighted by Crippen LogP contribution is -2.32. The van der Waals surface area contributed by atoms with Gasteiger partial charge in [0, 0.05) is 18.2 Å². The molecule has 2 aromatic rings. The van der Waals surface area contributed by atoms with Crippen molar-refractivity contribution in [2.45, 2.75) is 25.6 Å². The number of benzene rings is 2. The predicted octanol–water partition coefficient (Wildman–Crippen LogP) is 3.41. The number of nitrogens with one attached hydrogen (secondary N) is 1. The molecule has 0 fully saturated rings. The van der Waals surface area contributed by atoms with Crippen LogP contribution in [0.25, 0.3) is 0 Å². The molecule has 0 aliphatic heterocycles. The van der Waals surface area contributed by atoms with Gasteiger partial charge in [0.15, 0.2) is 0 Å². The maximum Gasteiger partial charge on any atom is 0.269 e. The number of sulfonamides is 1. The fourth-order valence-corrected chi connectivity index (χ4v) is 3.93. The molecule has 1 unspecified atom stereocenters. The van der Waals surface area contributed by atoms with E-state index in [0.29, 0.717) is 5.56 Å². The van der Waals surface area contributed by atoms with Crippen LogP contribution in [-0.2, 0) is 15.8 Å². The molecule has 1 atom stereocenters. The number of non-ortho nitro benzene ring substituents is 1. The Labute approximate surface area is 141 Å². The van der Waals surface area contributed by atoms with Crippen LogP contribution in [0, 0.1) is 16.0 Å². The molecule has 0 radical (unpaired) electrons. The van der Waals surface area contributed by atoms with Gasteiger partial charge < -0.3 is 0 Å². The lowest BCUT2D eigenvalue weighted by Gasteiger charge is -2.22. The maximum absolute atomic E-state index is 12.5. The van der Waals surface area contributed by atoms with Gasteiger partial charge in [-0.3, -0.25) is 10.1 Å². The minimum absolute atomic E-state index is 0.0616. The van der Waals surface area contributed by atoms with E-state index in [2.05, 4.69) is 4.72 Å². The minimum atomic E-state index is -3.58. The molecule has 2 aromatic carbocycles. The molecule has 128 valence electrons. The summed E-state index contributed by atoms with van der Waals surface area (Å²) in [6.07, 6.45) is 0. The summed E-state index contributed by atoms with van der Waals surface area (Å²) in [7, 11) is -3.58. The van der Waals surface area contributed by atoms with E-state index in [9.17, 15) is 18.5 Å². The summed E-state index contributed by atoms with van der Waals surface area (Å²) in [6, 6.07) is 14.6. The second kappa shape index (κ2) is 7.55. The van der Waals surface area contributed by atoms with Crippen molar-refractivity contribution in [1.29, 1.82) is 0 Å². The highest BCUT2D eigenvalue weighted by Gasteiger charge is 2.22. The third-order valence-electron chi connectivity index (χ3n) is 3.64. The summed E-state index contributed by atoms with van der Waals surface area (Å²) in [5.74, 6) is -0.139. The highest BCUT2D eigenvalue weighted by atomic mass is 32.2. The SMILES string of the molecule is CC(C)C(NS(=O)(=O)Cc1ccc([N+](=O)[O-])cc1)c1ccccc1. The van der Waals surface area contributed by atoms with Gasteiger partial charge >= 0.3 is 0 Å². The zero-order chi connectivity index (χ0) is 17.7. The number of hydrogen-bond donors (Lipinski definition) is 1.